The van der Waals surface area contributed by atoms with Crippen LogP contribution in [0.1, 0.15) is 28.9 Å². The summed E-state index contributed by atoms with van der Waals surface area (Å²) in [5.41, 5.74) is 6.93. The Bertz CT molecular complexity index is 759. The highest BCUT2D eigenvalue weighted by Crippen LogP contribution is 2.31. The minimum absolute atomic E-state index is 0.244. The zero-order valence-corrected chi connectivity index (χ0v) is 14.3. The quantitative estimate of drug-likeness (QED) is 0.750. The van der Waals surface area contributed by atoms with Gasteiger partial charge < -0.3 is 25.8 Å². The molecule has 0 saturated heterocycles. The van der Waals surface area contributed by atoms with Crippen LogP contribution < -0.4 is 25.8 Å². The van der Waals surface area contributed by atoms with Gasteiger partial charge in [-0.2, -0.15) is 0 Å². The van der Waals surface area contributed by atoms with Crippen LogP contribution in [0.5, 0.6) is 11.5 Å². The van der Waals surface area contributed by atoms with Gasteiger partial charge in [0, 0.05) is 5.69 Å². The van der Waals surface area contributed by atoms with Crippen LogP contribution in [0.25, 0.3) is 0 Å². The van der Waals surface area contributed by atoms with Crippen molar-refractivity contribution in [2.24, 2.45) is 5.73 Å². The van der Waals surface area contributed by atoms with Crippen LogP contribution in [-0.2, 0) is 0 Å². The Labute approximate surface area is 146 Å². The third-order valence-electron chi connectivity index (χ3n) is 3.67. The van der Waals surface area contributed by atoms with Gasteiger partial charge in [-0.05, 0) is 36.8 Å². The number of carbonyl (C=O) groups excluding carboxylic acids is 2. The summed E-state index contributed by atoms with van der Waals surface area (Å²) in [6.07, 6.45) is 0. The maximum atomic E-state index is 12.6. The molecule has 0 aliphatic rings. The summed E-state index contributed by atoms with van der Waals surface area (Å²) >= 11 is 0. The standard InChI is InChI=1S/C18H21N3O4/c1-11(12-7-9-13(10-8-12)21-18(19)23)20-17(22)14-5-4-6-15(24-2)16(14)25-3/h4-11H,1-3H3,(H,20,22)(H3,19,21,23)/t11-/m0/s1. The Kier molecular flexibility index (Phi) is 5.84. The number of nitrogens with one attached hydrogen (secondary N) is 2. The topological polar surface area (TPSA) is 103 Å². The number of urea groups is 1. The highest BCUT2D eigenvalue weighted by Gasteiger charge is 2.18. The largest absolute Gasteiger partial charge is 0.493 e. The number of methoxy groups -OCH3 is 2. The number of hydrogen-bond acceptors (Lipinski definition) is 4. The van der Waals surface area contributed by atoms with E-state index in [1.54, 1.807) is 42.5 Å². The van der Waals surface area contributed by atoms with Gasteiger partial charge >= 0.3 is 6.03 Å². The van der Waals surface area contributed by atoms with Crippen molar-refractivity contribution in [3.8, 4) is 11.5 Å². The fourth-order valence-corrected chi connectivity index (χ4v) is 2.42. The Morgan fingerprint density at radius 1 is 1.04 bits per heavy atom. The fourth-order valence-electron chi connectivity index (χ4n) is 2.42. The summed E-state index contributed by atoms with van der Waals surface area (Å²) in [6.45, 7) is 1.86. The fraction of sp³-hybridized carbons (Fsp3) is 0.222. The summed E-state index contributed by atoms with van der Waals surface area (Å²) in [7, 11) is 3.01. The van der Waals surface area contributed by atoms with Gasteiger partial charge in [0.15, 0.2) is 11.5 Å². The predicted octanol–water partition coefficient (Wildman–Crippen LogP) is 2.69. The second kappa shape index (κ2) is 8.05. The number of ether oxygens (including phenoxy) is 2. The van der Waals surface area contributed by atoms with Crippen LogP contribution >= 0.6 is 0 Å². The zero-order chi connectivity index (χ0) is 18.4. The summed E-state index contributed by atoms with van der Waals surface area (Å²) in [5, 5.41) is 5.40. The van der Waals surface area contributed by atoms with Crippen molar-refractivity contribution in [2.45, 2.75) is 13.0 Å². The van der Waals surface area contributed by atoms with E-state index in [1.165, 1.54) is 14.2 Å². The van der Waals surface area contributed by atoms with Crippen molar-refractivity contribution in [3.05, 3.63) is 53.6 Å². The number of carbonyl (C=O) groups is 2. The van der Waals surface area contributed by atoms with E-state index in [0.717, 1.165) is 5.56 Å². The Morgan fingerprint density at radius 2 is 1.72 bits per heavy atom. The molecular weight excluding hydrogens is 322 g/mol. The van der Waals surface area contributed by atoms with Gasteiger partial charge in [-0.1, -0.05) is 18.2 Å². The van der Waals surface area contributed by atoms with Crippen LogP contribution in [-0.4, -0.2) is 26.2 Å². The van der Waals surface area contributed by atoms with Gasteiger partial charge in [-0.3, -0.25) is 4.79 Å². The molecule has 2 aromatic carbocycles. The normalized spacial score (nSPS) is 11.3. The zero-order valence-electron chi connectivity index (χ0n) is 14.3. The molecule has 0 unspecified atom stereocenters. The molecular formula is C18H21N3O4. The molecule has 2 rings (SSSR count). The summed E-state index contributed by atoms with van der Waals surface area (Å²) in [6, 6.07) is 11.3. The SMILES string of the molecule is COc1cccc(C(=O)N[C@@H](C)c2ccc(NC(N)=O)cc2)c1OC. The molecule has 132 valence electrons. The molecule has 25 heavy (non-hydrogen) atoms. The molecule has 0 fully saturated rings. The predicted molar refractivity (Wildman–Crippen MR) is 95.1 cm³/mol. The molecule has 0 aliphatic heterocycles. The average molecular weight is 343 g/mol. The number of benzene rings is 2. The molecule has 1 atom stereocenters. The second-order valence-electron chi connectivity index (χ2n) is 5.35. The van der Waals surface area contributed by atoms with E-state index in [1.807, 2.05) is 6.92 Å². The number of anilines is 1. The minimum atomic E-state index is -0.626. The highest BCUT2D eigenvalue weighted by atomic mass is 16.5. The highest BCUT2D eigenvalue weighted by molar-refractivity contribution is 5.98. The van der Waals surface area contributed by atoms with Crippen LogP contribution in [0.15, 0.2) is 42.5 Å². The van der Waals surface area contributed by atoms with Gasteiger partial charge in [0.25, 0.3) is 5.91 Å². The van der Waals surface area contributed by atoms with E-state index in [0.29, 0.717) is 22.7 Å². The molecule has 7 heteroatoms. The lowest BCUT2D eigenvalue weighted by Gasteiger charge is -2.17. The number of nitrogens with two attached hydrogens (primary N) is 1. The number of hydrogen-bond donors (Lipinski definition) is 3. The second-order valence-corrected chi connectivity index (χ2v) is 5.35. The third kappa shape index (κ3) is 4.41. The molecule has 7 nitrogen and oxygen atoms in total. The summed E-state index contributed by atoms with van der Waals surface area (Å²) in [5.74, 6) is 0.600. The first-order chi connectivity index (χ1) is 12.0. The van der Waals surface area contributed by atoms with Crippen LogP contribution in [0.3, 0.4) is 0 Å². The number of rotatable bonds is 6. The minimum Gasteiger partial charge on any atom is -0.493 e. The van der Waals surface area contributed by atoms with Crippen molar-refractivity contribution in [1.29, 1.82) is 0 Å². The first-order valence-electron chi connectivity index (χ1n) is 7.64. The van der Waals surface area contributed by atoms with Gasteiger partial charge in [0.05, 0.1) is 25.8 Å². The first-order valence-corrected chi connectivity index (χ1v) is 7.64. The van der Waals surface area contributed by atoms with E-state index in [4.69, 9.17) is 15.2 Å². The van der Waals surface area contributed by atoms with E-state index < -0.39 is 6.03 Å². The van der Waals surface area contributed by atoms with Gasteiger partial charge in [0.1, 0.15) is 0 Å². The van der Waals surface area contributed by atoms with Gasteiger partial charge in [-0.15, -0.1) is 0 Å². The van der Waals surface area contributed by atoms with E-state index in [-0.39, 0.29) is 11.9 Å². The molecule has 0 heterocycles. The maximum absolute atomic E-state index is 12.6. The number of amides is 3. The Balaban J connectivity index is 2.14. The van der Waals surface area contributed by atoms with Crippen molar-refractivity contribution < 1.29 is 19.1 Å². The maximum Gasteiger partial charge on any atom is 0.316 e. The Morgan fingerprint density at radius 3 is 2.28 bits per heavy atom. The molecule has 3 amide bonds. The van der Waals surface area contributed by atoms with Gasteiger partial charge in [0.2, 0.25) is 0 Å². The first kappa shape index (κ1) is 18.1. The lowest BCUT2D eigenvalue weighted by atomic mass is 10.1. The average Bonchev–Trinajstić information content (AvgIpc) is 2.60. The van der Waals surface area contributed by atoms with E-state index in [9.17, 15) is 9.59 Å². The molecule has 0 radical (unpaired) electrons. The third-order valence-corrected chi connectivity index (χ3v) is 3.67. The summed E-state index contributed by atoms with van der Waals surface area (Å²) in [4.78, 5) is 23.4. The number of para-hydroxylation sites is 1. The van der Waals surface area contributed by atoms with Crippen molar-refractivity contribution in [1.82, 2.24) is 5.32 Å². The van der Waals surface area contributed by atoms with Crippen molar-refractivity contribution in [3.63, 3.8) is 0 Å². The molecule has 0 aliphatic carbocycles. The Hall–Kier alpha value is -3.22. The lowest BCUT2D eigenvalue weighted by molar-refractivity contribution is 0.0936. The molecule has 0 saturated carbocycles. The van der Waals surface area contributed by atoms with Crippen LogP contribution in [0.4, 0.5) is 10.5 Å². The van der Waals surface area contributed by atoms with Crippen molar-refractivity contribution in [2.75, 3.05) is 19.5 Å². The monoisotopic (exact) mass is 343 g/mol. The van der Waals surface area contributed by atoms with Crippen LogP contribution in [0, 0.1) is 0 Å². The molecule has 4 N–H and O–H groups in total. The van der Waals surface area contributed by atoms with Gasteiger partial charge in [-0.25, -0.2) is 4.79 Å². The summed E-state index contributed by atoms with van der Waals surface area (Å²) < 4.78 is 10.5. The molecule has 0 bridgehead atoms. The van der Waals surface area contributed by atoms with Crippen molar-refractivity contribution >= 4 is 17.6 Å². The number of primary amides is 1. The molecule has 0 aromatic heterocycles. The van der Waals surface area contributed by atoms with Crippen LogP contribution in [0.2, 0.25) is 0 Å². The smallest absolute Gasteiger partial charge is 0.316 e. The van der Waals surface area contributed by atoms with E-state index >= 15 is 0 Å². The lowest BCUT2D eigenvalue weighted by Crippen LogP contribution is -2.27. The van der Waals surface area contributed by atoms with E-state index in [2.05, 4.69) is 10.6 Å². The molecule has 2 aromatic rings. The molecule has 0 spiro atoms.